The molecule has 1 amide bonds. The number of benzene rings is 1. The monoisotopic (exact) mass is 665 g/mol. The second-order valence-electron chi connectivity index (χ2n) is 14.6. The Morgan fingerprint density at radius 1 is 1.19 bits per heavy atom. The fourth-order valence-electron chi connectivity index (χ4n) is 8.97. The van der Waals surface area contributed by atoms with Gasteiger partial charge >= 0.3 is 6.01 Å². The van der Waals surface area contributed by atoms with Crippen LogP contribution in [-0.4, -0.2) is 102 Å². The summed E-state index contributed by atoms with van der Waals surface area (Å²) in [4.78, 5) is 31.4. The summed E-state index contributed by atoms with van der Waals surface area (Å²) in [6.07, 6.45) is 6.47. The molecule has 1 aromatic heterocycles. The van der Waals surface area contributed by atoms with Crippen LogP contribution in [-0.2, 0) is 29.7 Å². The normalized spacial score (nSPS) is 28.6. The van der Waals surface area contributed by atoms with Crippen LogP contribution in [0.4, 0.5) is 10.2 Å². The van der Waals surface area contributed by atoms with E-state index in [0.29, 0.717) is 44.5 Å². The number of aromatic nitrogens is 2. The van der Waals surface area contributed by atoms with Crippen LogP contribution >= 0.6 is 11.6 Å². The van der Waals surface area contributed by atoms with Crippen molar-refractivity contribution in [1.82, 2.24) is 24.7 Å². The number of nitrogens with zero attached hydrogens (tertiary/aromatic N) is 6. The molecule has 3 saturated heterocycles. The summed E-state index contributed by atoms with van der Waals surface area (Å²) in [7, 11) is 5.37. The molecule has 1 aliphatic carbocycles. The van der Waals surface area contributed by atoms with Crippen LogP contribution in [0.15, 0.2) is 28.9 Å². The predicted molar refractivity (Wildman–Crippen MR) is 179 cm³/mol. The first-order valence-corrected chi connectivity index (χ1v) is 17.4. The van der Waals surface area contributed by atoms with Crippen LogP contribution in [0.25, 0.3) is 0 Å². The molecule has 2 aromatic rings. The second-order valence-corrected chi connectivity index (χ2v) is 15.0. The zero-order chi connectivity index (χ0) is 33.1. The van der Waals surface area contributed by atoms with Crippen molar-refractivity contribution < 1.29 is 19.2 Å². The number of likely N-dealkylation sites (N-methyl/N-ethyl adjacent to an activating group) is 1. The molecule has 3 N–H and O–H groups in total. The topological polar surface area (TPSA) is 105 Å². The standard InChI is InChI=1S/C35H46ClFN8O2/c1-22-16-34(11-6-15-45(34)18-22)21-47-33-40-27-17-35(12-10-23-25(35)8-5-9-26(23)37)43(4)19-24(27)31(41-33)44-14-7-13-39-28(20-44)29(36)30(38)32(46)42(2)3/h5,8-9,22,38-39H,6-7,10-21H2,1-4H3/p+1/b29-28+,38-30?/t22?,34-,35-/m0/s1. The molecule has 252 valence electrons. The number of hydrogen-bond donors (Lipinski definition) is 2. The molecule has 5 aliphatic rings. The second kappa shape index (κ2) is 12.4. The summed E-state index contributed by atoms with van der Waals surface area (Å²) in [6.45, 7) is 7.65. The third-order valence-electron chi connectivity index (χ3n) is 11.3. The largest absolute Gasteiger partial charge is 0.461 e. The lowest BCUT2D eigenvalue weighted by molar-refractivity contribution is -0.605. The molecule has 0 saturated carbocycles. The lowest BCUT2D eigenvalue weighted by Gasteiger charge is -2.44. The Morgan fingerprint density at radius 3 is 2.83 bits per heavy atom. The molecular weight excluding hydrogens is 619 g/mol. The van der Waals surface area contributed by atoms with E-state index in [9.17, 15) is 9.18 Å². The highest BCUT2D eigenvalue weighted by Gasteiger charge is 2.49. The third kappa shape index (κ3) is 5.62. The molecule has 3 atom stereocenters. The van der Waals surface area contributed by atoms with Gasteiger partial charge in [0.1, 0.15) is 34.7 Å². The number of amides is 1. The number of carbonyl (C=O) groups is 1. The minimum Gasteiger partial charge on any atom is -0.461 e. The first kappa shape index (κ1) is 32.4. The smallest absolute Gasteiger partial charge is 0.318 e. The average molecular weight is 666 g/mol. The predicted octanol–water partition coefficient (Wildman–Crippen LogP) is 3.03. The molecular formula is C35H47ClFN8O2+. The zero-order valence-corrected chi connectivity index (χ0v) is 28.8. The van der Waals surface area contributed by atoms with Gasteiger partial charge in [0, 0.05) is 52.1 Å². The van der Waals surface area contributed by atoms with Crippen molar-refractivity contribution in [2.24, 2.45) is 5.92 Å². The quantitative estimate of drug-likeness (QED) is 0.457. The lowest BCUT2D eigenvalue weighted by atomic mass is 9.81. The maximum Gasteiger partial charge on any atom is 0.318 e. The molecule has 7 rings (SSSR count). The fourth-order valence-corrected chi connectivity index (χ4v) is 9.19. The Morgan fingerprint density at radius 2 is 2.02 bits per heavy atom. The number of quaternary nitrogens is 1. The average Bonchev–Trinajstić information content (AvgIpc) is 3.63. The van der Waals surface area contributed by atoms with Crippen molar-refractivity contribution in [3.05, 3.63) is 57.1 Å². The Hall–Kier alpha value is -3.12. The maximum atomic E-state index is 15.0. The van der Waals surface area contributed by atoms with Gasteiger partial charge < -0.3 is 19.9 Å². The molecule has 10 nitrogen and oxygen atoms in total. The van der Waals surface area contributed by atoms with E-state index in [4.69, 9.17) is 31.7 Å². The van der Waals surface area contributed by atoms with E-state index in [-0.39, 0.29) is 27.6 Å². The summed E-state index contributed by atoms with van der Waals surface area (Å²) in [6, 6.07) is 5.85. The first-order chi connectivity index (χ1) is 22.5. The molecule has 12 heteroatoms. The minimum absolute atomic E-state index is 0.0303. The van der Waals surface area contributed by atoms with E-state index in [1.165, 1.54) is 11.3 Å². The van der Waals surface area contributed by atoms with Gasteiger partial charge in [-0.05, 0) is 68.8 Å². The molecule has 1 aromatic carbocycles. The van der Waals surface area contributed by atoms with Gasteiger partial charge in [0.05, 0.1) is 29.9 Å². The van der Waals surface area contributed by atoms with Crippen LogP contribution in [0.1, 0.15) is 61.4 Å². The van der Waals surface area contributed by atoms with Crippen LogP contribution in [0.3, 0.4) is 0 Å². The van der Waals surface area contributed by atoms with E-state index >= 15 is 0 Å². The third-order valence-corrected chi connectivity index (χ3v) is 11.8. The number of hydrogen-bond acceptors (Lipinski definition) is 8. The van der Waals surface area contributed by atoms with Gasteiger partial charge in [0.2, 0.25) is 0 Å². The highest BCUT2D eigenvalue weighted by atomic mass is 35.5. The summed E-state index contributed by atoms with van der Waals surface area (Å²) in [5.74, 6) is 0.891. The van der Waals surface area contributed by atoms with Gasteiger partial charge in [0.25, 0.3) is 5.91 Å². The van der Waals surface area contributed by atoms with E-state index in [0.717, 1.165) is 85.8 Å². The first-order valence-electron chi connectivity index (χ1n) is 17.1. The summed E-state index contributed by atoms with van der Waals surface area (Å²) in [5, 5.41) is 10.7. The number of anilines is 1. The van der Waals surface area contributed by atoms with Gasteiger partial charge in [-0.25, -0.2) is 4.39 Å². The maximum absolute atomic E-state index is 15.0. The van der Waals surface area contributed by atoms with Gasteiger partial charge in [-0.15, -0.1) is 0 Å². The highest BCUT2D eigenvalue weighted by molar-refractivity contribution is 6.58. The van der Waals surface area contributed by atoms with Gasteiger partial charge in [-0.2, -0.15) is 9.97 Å². The van der Waals surface area contributed by atoms with E-state index in [1.807, 2.05) is 11.4 Å². The number of rotatable bonds is 6. The minimum atomic E-state index is -0.427. The number of halogens is 2. The van der Waals surface area contributed by atoms with Crippen LogP contribution in [0, 0.1) is 17.1 Å². The van der Waals surface area contributed by atoms with Crippen LogP contribution < -0.4 is 15.0 Å². The molecule has 0 bridgehead atoms. The van der Waals surface area contributed by atoms with Crippen LogP contribution in [0.5, 0.6) is 6.01 Å². The van der Waals surface area contributed by atoms with Crippen molar-refractivity contribution in [3.8, 4) is 6.01 Å². The van der Waals surface area contributed by atoms with Gasteiger partial charge in [0.15, 0.2) is 0 Å². The Labute approximate surface area is 281 Å². The SMILES string of the molecule is CC1CN2CCC[C@@]2(COc2nc3c(c(N4CCC[NH2+]/C(=C(/Cl)C(=N)C(=O)N(C)C)C4)n2)CN(C)[C@@]2(CCc4c(F)cccc42)C3)C1. The Balaban J connectivity index is 1.27. The molecule has 5 heterocycles. The fraction of sp³-hybridized carbons (Fsp3) is 0.600. The van der Waals surface area contributed by atoms with Crippen molar-refractivity contribution in [2.75, 3.05) is 65.4 Å². The number of ether oxygens (including phenoxy) is 1. The van der Waals surface area contributed by atoms with Crippen molar-refractivity contribution in [3.63, 3.8) is 0 Å². The molecule has 1 spiro atoms. The van der Waals surface area contributed by atoms with Gasteiger partial charge in [-0.1, -0.05) is 30.7 Å². The van der Waals surface area contributed by atoms with Crippen molar-refractivity contribution in [2.45, 2.75) is 69.5 Å². The van der Waals surface area contributed by atoms with Crippen molar-refractivity contribution in [1.29, 1.82) is 5.41 Å². The summed E-state index contributed by atoms with van der Waals surface area (Å²) < 4.78 is 21.6. The number of carbonyl (C=O) groups excluding carboxylic acids is 1. The van der Waals surface area contributed by atoms with E-state index in [2.05, 4.69) is 34.7 Å². The summed E-state index contributed by atoms with van der Waals surface area (Å²) >= 11 is 6.75. The molecule has 0 radical (unpaired) electrons. The number of fused-ring (bicyclic) bond motifs is 4. The summed E-state index contributed by atoms with van der Waals surface area (Å²) in [5.41, 5.74) is 4.08. The molecule has 4 aliphatic heterocycles. The van der Waals surface area contributed by atoms with E-state index in [1.54, 1.807) is 20.2 Å². The molecule has 47 heavy (non-hydrogen) atoms. The molecule has 1 unspecified atom stereocenters. The van der Waals surface area contributed by atoms with Crippen molar-refractivity contribution >= 4 is 29.0 Å². The van der Waals surface area contributed by atoms with E-state index < -0.39 is 5.91 Å². The lowest BCUT2D eigenvalue weighted by Crippen LogP contribution is -2.83. The zero-order valence-electron chi connectivity index (χ0n) is 28.0. The highest BCUT2D eigenvalue weighted by Crippen LogP contribution is 2.49. The van der Waals surface area contributed by atoms with Crippen LogP contribution in [0.2, 0.25) is 0 Å². The van der Waals surface area contributed by atoms with Gasteiger partial charge in [-0.3, -0.25) is 20.0 Å². The Bertz CT molecular complexity index is 1630. The number of nitrogens with two attached hydrogens (primary N) is 1. The Kier molecular flexibility index (Phi) is 8.56. The number of nitrogens with one attached hydrogen (secondary N) is 1. The molecule has 3 fully saturated rings.